The van der Waals surface area contributed by atoms with Crippen molar-refractivity contribution in [3.05, 3.63) is 128 Å². The minimum atomic E-state index is 0.816. The molecule has 0 amide bonds. The number of benzene rings is 5. The number of nitrogens with zero attached hydrogens (tertiary/aromatic N) is 3. The van der Waals surface area contributed by atoms with Crippen LogP contribution < -0.4 is 0 Å². The van der Waals surface area contributed by atoms with Gasteiger partial charge < -0.3 is 4.42 Å². The van der Waals surface area contributed by atoms with Crippen molar-refractivity contribution in [2.24, 2.45) is 0 Å². The van der Waals surface area contributed by atoms with E-state index in [2.05, 4.69) is 118 Å². The second kappa shape index (κ2) is 8.15. The lowest BCUT2D eigenvalue weighted by Gasteiger charge is -2.10. The largest absolute Gasteiger partial charge is 0.455 e. The second-order valence-corrected chi connectivity index (χ2v) is 9.53. The zero-order valence-corrected chi connectivity index (χ0v) is 20.4. The van der Waals surface area contributed by atoms with Crippen molar-refractivity contribution in [1.82, 2.24) is 14.6 Å². The van der Waals surface area contributed by atoms with Crippen LogP contribution in [0.4, 0.5) is 0 Å². The van der Waals surface area contributed by atoms with Crippen molar-refractivity contribution in [2.45, 2.75) is 0 Å². The van der Waals surface area contributed by atoms with Crippen LogP contribution in [0.25, 0.3) is 72.0 Å². The van der Waals surface area contributed by atoms with Crippen LogP contribution >= 0.6 is 0 Å². The topological polar surface area (TPSA) is 43.3 Å². The molecular weight excluding hydrogens is 466 g/mol. The fourth-order valence-corrected chi connectivity index (χ4v) is 5.53. The number of pyridine rings is 1. The third-order valence-corrected chi connectivity index (χ3v) is 7.36. The van der Waals surface area contributed by atoms with E-state index in [-0.39, 0.29) is 0 Å². The molecule has 0 saturated carbocycles. The summed E-state index contributed by atoms with van der Waals surface area (Å²) in [6.45, 7) is 0. The van der Waals surface area contributed by atoms with Gasteiger partial charge in [0.15, 0.2) is 11.5 Å². The lowest BCUT2D eigenvalue weighted by atomic mass is 10.00. The molecule has 0 aliphatic rings. The van der Waals surface area contributed by atoms with Crippen LogP contribution in [0.1, 0.15) is 0 Å². The summed E-state index contributed by atoms with van der Waals surface area (Å²) in [5.41, 5.74) is 8.17. The zero-order chi connectivity index (χ0) is 25.1. The van der Waals surface area contributed by atoms with Gasteiger partial charge in [0.25, 0.3) is 0 Å². The van der Waals surface area contributed by atoms with E-state index in [1.165, 1.54) is 10.9 Å². The molecule has 0 spiro atoms. The predicted molar refractivity (Wildman–Crippen MR) is 154 cm³/mol. The van der Waals surface area contributed by atoms with Crippen LogP contribution in [0.3, 0.4) is 0 Å². The number of fused-ring (bicyclic) bond motifs is 6. The number of para-hydroxylation sites is 2. The van der Waals surface area contributed by atoms with Crippen LogP contribution in [0, 0.1) is 0 Å². The number of aromatic nitrogens is 3. The highest BCUT2D eigenvalue weighted by molar-refractivity contribution is 6.09. The Kier molecular flexibility index (Phi) is 4.49. The summed E-state index contributed by atoms with van der Waals surface area (Å²) in [6, 6.07) is 41.9. The van der Waals surface area contributed by atoms with Gasteiger partial charge in [0.05, 0.1) is 0 Å². The highest BCUT2D eigenvalue weighted by atomic mass is 16.3. The molecule has 8 aromatic rings. The molecule has 0 N–H and O–H groups in total. The third kappa shape index (κ3) is 3.10. The summed E-state index contributed by atoms with van der Waals surface area (Å²) >= 11 is 0. The molecule has 4 nitrogen and oxygen atoms in total. The summed E-state index contributed by atoms with van der Waals surface area (Å²) < 4.78 is 8.38. The molecule has 3 heterocycles. The Morgan fingerprint density at radius 3 is 1.97 bits per heavy atom. The van der Waals surface area contributed by atoms with Gasteiger partial charge in [0.2, 0.25) is 0 Å². The first-order valence-corrected chi connectivity index (χ1v) is 12.7. The Balaban J connectivity index is 1.28. The zero-order valence-electron chi connectivity index (χ0n) is 20.4. The molecule has 0 aliphatic carbocycles. The van der Waals surface area contributed by atoms with Crippen molar-refractivity contribution in [2.75, 3.05) is 0 Å². The molecule has 0 fully saturated rings. The fraction of sp³-hybridized carbons (Fsp3) is 0. The standard InChI is InChI=1S/C34H21N3O/c1-2-9-22(10-3-1)30-21-37-33(35-36-34(37)29-13-5-4-11-26(29)30)24-19-17-23(18-20-24)25-14-8-15-28-27-12-6-7-16-31(27)38-32(25)28/h1-21H. The molecule has 5 aromatic carbocycles. The fourth-order valence-electron chi connectivity index (χ4n) is 5.53. The lowest BCUT2D eigenvalue weighted by molar-refractivity contribution is 0.670. The first-order chi connectivity index (χ1) is 18.8. The number of hydrogen-bond donors (Lipinski definition) is 0. The first-order valence-electron chi connectivity index (χ1n) is 12.7. The molecule has 3 aromatic heterocycles. The number of furan rings is 1. The van der Waals surface area contributed by atoms with Gasteiger partial charge in [0, 0.05) is 39.0 Å². The van der Waals surface area contributed by atoms with E-state index in [1.54, 1.807) is 0 Å². The highest BCUT2D eigenvalue weighted by Gasteiger charge is 2.16. The van der Waals surface area contributed by atoms with Gasteiger partial charge >= 0.3 is 0 Å². The van der Waals surface area contributed by atoms with E-state index in [0.717, 1.165) is 61.1 Å². The van der Waals surface area contributed by atoms with Crippen molar-refractivity contribution in [1.29, 1.82) is 0 Å². The average molecular weight is 488 g/mol. The molecule has 0 bridgehead atoms. The molecule has 8 rings (SSSR count). The molecule has 0 aliphatic heterocycles. The summed E-state index contributed by atoms with van der Waals surface area (Å²) in [5, 5.41) is 13.7. The summed E-state index contributed by atoms with van der Waals surface area (Å²) in [5.74, 6) is 0.816. The minimum Gasteiger partial charge on any atom is -0.455 e. The Morgan fingerprint density at radius 2 is 1.13 bits per heavy atom. The molecule has 38 heavy (non-hydrogen) atoms. The van der Waals surface area contributed by atoms with Crippen LogP contribution in [0.15, 0.2) is 132 Å². The molecule has 4 heteroatoms. The highest BCUT2D eigenvalue weighted by Crippen LogP contribution is 2.37. The molecule has 0 atom stereocenters. The van der Waals surface area contributed by atoms with Gasteiger partial charge in [-0.05, 0) is 22.6 Å². The maximum absolute atomic E-state index is 6.27. The monoisotopic (exact) mass is 487 g/mol. The van der Waals surface area contributed by atoms with Crippen LogP contribution in [-0.2, 0) is 0 Å². The minimum absolute atomic E-state index is 0.816. The summed E-state index contributed by atoms with van der Waals surface area (Å²) in [6.07, 6.45) is 2.16. The quantitative estimate of drug-likeness (QED) is 0.250. The van der Waals surface area contributed by atoms with Crippen molar-refractivity contribution in [3.63, 3.8) is 0 Å². The maximum Gasteiger partial charge on any atom is 0.169 e. The Bertz CT molecular complexity index is 2120. The number of hydrogen-bond acceptors (Lipinski definition) is 3. The SMILES string of the molecule is c1ccc(-c2cn3c(-c4ccc(-c5cccc6c5oc5ccccc56)cc4)nnc3c3ccccc23)cc1. The van der Waals surface area contributed by atoms with E-state index in [9.17, 15) is 0 Å². The molecule has 0 radical (unpaired) electrons. The van der Waals surface area contributed by atoms with Crippen LogP contribution in [-0.4, -0.2) is 14.6 Å². The van der Waals surface area contributed by atoms with E-state index < -0.39 is 0 Å². The van der Waals surface area contributed by atoms with Crippen molar-refractivity contribution in [3.8, 4) is 33.6 Å². The molecule has 0 unspecified atom stereocenters. The first kappa shape index (κ1) is 20.9. The van der Waals surface area contributed by atoms with Crippen molar-refractivity contribution >= 4 is 38.4 Å². The Labute approximate surface area is 218 Å². The lowest BCUT2D eigenvalue weighted by Crippen LogP contribution is -1.93. The maximum atomic E-state index is 6.27. The van der Waals surface area contributed by atoms with E-state index in [4.69, 9.17) is 4.42 Å². The smallest absolute Gasteiger partial charge is 0.169 e. The Hall–Kier alpha value is -5.22. The van der Waals surface area contributed by atoms with Gasteiger partial charge in [0.1, 0.15) is 11.2 Å². The average Bonchev–Trinajstić information content (AvgIpc) is 3.59. The van der Waals surface area contributed by atoms with Crippen molar-refractivity contribution < 1.29 is 4.42 Å². The Morgan fingerprint density at radius 1 is 0.474 bits per heavy atom. The summed E-state index contributed by atoms with van der Waals surface area (Å²) in [7, 11) is 0. The molecule has 178 valence electrons. The van der Waals surface area contributed by atoms with Gasteiger partial charge in [-0.25, -0.2) is 0 Å². The third-order valence-electron chi connectivity index (χ3n) is 7.36. The van der Waals surface area contributed by atoms with Gasteiger partial charge in [-0.15, -0.1) is 10.2 Å². The van der Waals surface area contributed by atoms with Crippen LogP contribution in [0.5, 0.6) is 0 Å². The van der Waals surface area contributed by atoms with E-state index in [1.807, 2.05) is 24.3 Å². The molecule has 0 saturated heterocycles. The molecular formula is C34H21N3O. The number of rotatable bonds is 3. The van der Waals surface area contributed by atoms with Crippen LogP contribution in [0.2, 0.25) is 0 Å². The summed E-state index contributed by atoms with van der Waals surface area (Å²) in [4.78, 5) is 0. The normalized spacial score (nSPS) is 11.7. The second-order valence-electron chi connectivity index (χ2n) is 9.53. The van der Waals surface area contributed by atoms with E-state index in [0.29, 0.717) is 0 Å². The van der Waals surface area contributed by atoms with Gasteiger partial charge in [-0.3, -0.25) is 4.40 Å². The van der Waals surface area contributed by atoms with E-state index >= 15 is 0 Å². The van der Waals surface area contributed by atoms with Gasteiger partial charge in [-0.2, -0.15) is 0 Å². The van der Waals surface area contributed by atoms with Gasteiger partial charge in [-0.1, -0.05) is 115 Å². The predicted octanol–water partition coefficient (Wildman–Crippen LogP) is 8.78.